The maximum atomic E-state index is 12.9. The molecule has 0 aliphatic heterocycles. The fourth-order valence-electron chi connectivity index (χ4n) is 1.19. The average molecular weight is 140 g/mol. The zero-order valence-corrected chi connectivity index (χ0v) is 6.52. The lowest BCUT2D eigenvalue weighted by molar-refractivity contribution is 0.330. The third-order valence-electron chi connectivity index (χ3n) is 1.74. The van der Waals surface area contributed by atoms with E-state index in [1.165, 1.54) is 0 Å². The van der Waals surface area contributed by atoms with Gasteiger partial charge in [-0.2, -0.15) is 0 Å². The molecule has 0 aromatic rings. The summed E-state index contributed by atoms with van der Waals surface area (Å²) in [7, 11) is 0. The van der Waals surface area contributed by atoms with Crippen molar-refractivity contribution in [1.82, 2.24) is 0 Å². The van der Waals surface area contributed by atoms with Crippen LogP contribution in [0.2, 0.25) is 0 Å². The summed E-state index contributed by atoms with van der Waals surface area (Å²) in [4.78, 5) is 0. The molecule has 1 aliphatic carbocycles. The van der Waals surface area contributed by atoms with Gasteiger partial charge in [0, 0.05) is 0 Å². The molecule has 0 amide bonds. The van der Waals surface area contributed by atoms with Crippen LogP contribution in [0.25, 0.3) is 0 Å². The predicted molar refractivity (Wildman–Crippen MR) is 41.6 cm³/mol. The van der Waals surface area contributed by atoms with Crippen LogP contribution in [-0.4, -0.2) is 6.17 Å². The van der Waals surface area contributed by atoms with Gasteiger partial charge in [-0.3, -0.25) is 0 Å². The largest absolute Gasteiger partial charge is 0.247 e. The SMILES string of the molecule is CC1=CC=C(C)CC(F)C1. The van der Waals surface area contributed by atoms with Gasteiger partial charge >= 0.3 is 0 Å². The first-order chi connectivity index (χ1) is 4.68. The zero-order chi connectivity index (χ0) is 7.56. The highest BCUT2D eigenvalue weighted by Gasteiger charge is 2.09. The van der Waals surface area contributed by atoms with Gasteiger partial charge in [0.1, 0.15) is 6.17 Å². The minimum Gasteiger partial charge on any atom is -0.247 e. The molecule has 10 heavy (non-hydrogen) atoms. The van der Waals surface area contributed by atoms with Crippen LogP contribution < -0.4 is 0 Å². The molecular formula is C9H13F. The Labute approximate surface area is 61.4 Å². The number of rotatable bonds is 0. The van der Waals surface area contributed by atoms with E-state index in [-0.39, 0.29) is 0 Å². The monoisotopic (exact) mass is 140 g/mol. The first-order valence-electron chi connectivity index (χ1n) is 3.65. The molecule has 56 valence electrons. The van der Waals surface area contributed by atoms with Crippen LogP contribution in [0.1, 0.15) is 26.7 Å². The predicted octanol–water partition coefficient (Wildman–Crippen LogP) is 3.01. The Kier molecular flexibility index (Phi) is 2.25. The summed E-state index contributed by atoms with van der Waals surface area (Å²) in [5.41, 5.74) is 2.29. The summed E-state index contributed by atoms with van der Waals surface area (Å²) in [6.07, 6.45) is 4.57. The van der Waals surface area contributed by atoms with Gasteiger partial charge in [0.25, 0.3) is 0 Å². The van der Waals surface area contributed by atoms with Gasteiger partial charge in [0.15, 0.2) is 0 Å². The molecule has 0 N–H and O–H groups in total. The second kappa shape index (κ2) is 3.00. The van der Waals surface area contributed by atoms with E-state index in [0.717, 1.165) is 11.1 Å². The maximum Gasteiger partial charge on any atom is 0.107 e. The number of halogens is 1. The van der Waals surface area contributed by atoms with E-state index in [1.54, 1.807) is 0 Å². The Balaban J connectivity index is 2.70. The van der Waals surface area contributed by atoms with Crippen LogP contribution in [0, 0.1) is 0 Å². The van der Waals surface area contributed by atoms with E-state index < -0.39 is 6.17 Å². The molecule has 0 nitrogen and oxygen atoms in total. The van der Waals surface area contributed by atoms with Gasteiger partial charge in [-0.25, -0.2) is 4.39 Å². The van der Waals surface area contributed by atoms with Crippen molar-refractivity contribution in [2.45, 2.75) is 32.9 Å². The van der Waals surface area contributed by atoms with Gasteiger partial charge in [0.05, 0.1) is 0 Å². The highest BCUT2D eigenvalue weighted by molar-refractivity contribution is 5.19. The fourth-order valence-corrected chi connectivity index (χ4v) is 1.19. The number of allylic oxidation sites excluding steroid dienone is 4. The van der Waals surface area contributed by atoms with Crippen molar-refractivity contribution in [3.8, 4) is 0 Å². The summed E-state index contributed by atoms with van der Waals surface area (Å²) in [5.74, 6) is 0. The summed E-state index contributed by atoms with van der Waals surface area (Å²) in [5, 5.41) is 0. The van der Waals surface area contributed by atoms with E-state index in [1.807, 2.05) is 26.0 Å². The third kappa shape index (κ3) is 1.98. The van der Waals surface area contributed by atoms with Crippen molar-refractivity contribution in [2.24, 2.45) is 0 Å². The first-order valence-corrected chi connectivity index (χ1v) is 3.65. The van der Waals surface area contributed by atoms with Crippen LogP contribution >= 0.6 is 0 Å². The van der Waals surface area contributed by atoms with Crippen LogP contribution in [0.3, 0.4) is 0 Å². The molecule has 0 saturated heterocycles. The van der Waals surface area contributed by atoms with Gasteiger partial charge in [0.2, 0.25) is 0 Å². The Morgan fingerprint density at radius 1 is 1.20 bits per heavy atom. The Bertz CT molecular complexity index is 157. The van der Waals surface area contributed by atoms with E-state index in [0.29, 0.717) is 12.8 Å². The van der Waals surface area contributed by atoms with Gasteiger partial charge in [-0.15, -0.1) is 0 Å². The molecule has 0 aromatic heterocycles. The second-order valence-corrected chi connectivity index (χ2v) is 3.03. The third-order valence-corrected chi connectivity index (χ3v) is 1.74. The van der Waals surface area contributed by atoms with Crippen LogP contribution in [-0.2, 0) is 0 Å². The average Bonchev–Trinajstić information content (AvgIpc) is 1.93. The molecule has 1 heteroatoms. The molecule has 0 spiro atoms. The fraction of sp³-hybridized carbons (Fsp3) is 0.556. The Morgan fingerprint density at radius 2 is 1.60 bits per heavy atom. The van der Waals surface area contributed by atoms with Gasteiger partial charge in [-0.1, -0.05) is 23.3 Å². The van der Waals surface area contributed by atoms with Crippen LogP contribution in [0.15, 0.2) is 23.3 Å². The van der Waals surface area contributed by atoms with Crippen LogP contribution in [0.4, 0.5) is 4.39 Å². The molecule has 0 fully saturated rings. The van der Waals surface area contributed by atoms with Crippen molar-refractivity contribution in [3.05, 3.63) is 23.3 Å². The van der Waals surface area contributed by atoms with Crippen molar-refractivity contribution >= 4 is 0 Å². The second-order valence-electron chi connectivity index (χ2n) is 3.03. The molecule has 0 atom stereocenters. The molecule has 0 aromatic carbocycles. The Hall–Kier alpha value is -0.590. The highest BCUT2D eigenvalue weighted by Crippen LogP contribution is 2.19. The molecular weight excluding hydrogens is 127 g/mol. The molecule has 0 heterocycles. The minimum absolute atomic E-state index is 0.605. The van der Waals surface area contributed by atoms with Crippen molar-refractivity contribution < 1.29 is 4.39 Å². The first kappa shape index (κ1) is 7.52. The minimum atomic E-state index is -0.657. The van der Waals surface area contributed by atoms with E-state index >= 15 is 0 Å². The molecule has 1 rings (SSSR count). The smallest absolute Gasteiger partial charge is 0.107 e. The van der Waals surface area contributed by atoms with Crippen molar-refractivity contribution in [2.75, 3.05) is 0 Å². The molecule has 0 saturated carbocycles. The summed E-state index contributed by atoms with van der Waals surface area (Å²) in [6, 6.07) is 0. The Morgan fingerprint density at radius 3 is 2.00 bits per heavy atom. The lowest BCUT2D eigenvalue weighted by atomic mass is 10.1. The van der Waals surface area contributed by atoms with Gasteiger partial charge in [-0.05, 0) is 26.7 Å². The summed E-state index contributed by atoms with van der Waals surface area (Å²) >= 11 is 0. The highest BCUT2D eigenvalue weighted by atomic mass is 19.1. The van der Waals surface area contributed by atoms with Crippen molar-refractivity contribution in [3.63, 3.8) is 0 Å². The molecule has 1 aliphatic rings. The van der Waals surface area contributed by atoms with Gasteiger partial charge < -0.3 is 0 Å². The number of alkyl halides is 1. The lowest BCUT2D eigenvalue weighted by Gasteiger charge is -2.03. The normalized spacial score (nSPS) is 21.5. The number of hydrogen-bond acceptors (Lipinski definition) is 0. The molecule has 0 radical (unpaired) electrons. The van der Waals surface area contributed by atoms with E-state index in [9.17, 15) is 4.39 Å². The van der Waals surface area contributed by atoms with Crippen LogP contribution in [0.5, 0.6) is 0 Å². The quantitative estimate of drug-likeness (QED) is 0.485. The topological polar surface area (TPSA) is 0 Å². The van der Waals surface area contributed by atoms with Crippen molar-refractivity contribution in [1.29, 1.82) is 0 Å². The van der Waals surface area contributed by atoms with E-state index in [2.05, 4.69) is 0 Å². The standard InChI is InChI=1S/C9H13F/c1-7-3-4-8(2)6-9(10)5-7/h3-4,9H,5-6H2,1-2H3. The van der Waals surface area contributed by atoms with E-state index in [4.69, 9.17) is 0 Å². The molecule has 0 bridgehead atoms. The summed E-state index contributed by atoms with van der Waals surface area (Å²) < 4.78 is 12.9. The number of hydrogen-bond donors (Lipinski definition) is 0. The maximum absolute atomic E-state index is 12.9. The lowest BCUT2D eigenvalue weighted by Crippen LogP contribution is -1.98. The molecule has 0 unspecified atom stereocenters. The zero-order valence-electron chi connectivity index (χ0n) is 6.52. The summed E-state index contributed by atoms with van der Waals surface area (Å²) in [6.45, 7) is 3.95.